The van der Waals surface area contributed by atoms with Crippen LogP contribution in [-0.4, -0.2) is 17.0 Å². The SMILES string of the molecule is CCC(O)C(=O)c1ccc(C)c(C)c1. The van der Waals surface area contributed by atoms with Gasteiger partial charge in [0, 0.05) is 5.56 Å². The first-order chi connectivity index (χ1) is 6.56. The van der Waals surface area contributed by atoms with Gasteiger partial charge in [0.15, 0.2) is 5.78 Å². The van der Waals surface area contributed by atoms with Crippen molar-refractivity contribution in [3.05, 3.63) is 34.9 Å². The lowest BCUT2D eigenvalue weighted by Crippen LogP contribution is -2.19. The zero-order chi connectivity index (χ0) is 10.7. The first kappa shape index (κ1) is 10.9. The summed E-state index contributed by atoms with van der Waals surface area (Å²) in [6, 6.07) is 5.50. The number of aryl methyl sites for hydroxylation is 2. The third-order valence-electron chi connectivity index (χ3n) is 2.48. The summed E-state index contributed by atoms with van der Waals surface area (Å²) >= 11 is 0. The Bertz CT molecular complexity index is 342. The molecule has 0 aliphatic rings. The van der Waals surface area contributed by atoms with Gasteiger partial charge in [-0.25, -0.2) is 0 Å². The summed E-state index contributed by atoms with van der Waals surface area (Å²) in [4.78, 5) is 11.6. The molecule has 1 N–H and O–H groups in total. The van der Waals surface area contributed by atoms with E-state index in [1.807, 2.05) is 26.0 Å². The topological polar surface area (TPSA) is 37.3 Å². The van der Waals surface area contributed by atoms with Gasteiger partial charge in [0.25, 0.3) is 0 Å². The standard InChI is InChI=1S/C12H16O2/c1-4-11(13)12(14)10-6-5-8(2)9(3)7-10/h5-7,11,13H,4H2,1-3H3. The van der Waals surface area contributed by atoms with Gasteiger partial charge >= 0.3 is 0 Å². The Morgan fingerprint density at radius 3 is 2.50 bits per heavy atom. The van der Waals surface area contributed by atoms with E-state index in [0.29, 0.717) is 12.0 Å². The van der Waals surface area contributed by atoms with Crippen molar-refractivity contribution in [2.75, 3.05) is 0 Å². The van der Waals surface area contributed by atoms with E-state index in [-0.39, 0.29) is 5.78 Å². The fraction of sp³-hybridized carbons (Fsp3) is 0.417. The second-order valence-electron chi connectivity index (χ2n) is 3.59. The van der Waals surface area contributed by atoms with E-state index >= 15 is 0 Å². The molecular formula is C12H16O2. The number of aliphatic hydroxyl groups excluding tert-OH is 1. The molecular weight excluding hydrogens is 176 g/mol. The fourth-order valence-corrected chi connectivity index (χ4v) is 1.27. The minimum atomic E-state index is -0.864. The van der Waals surface area contributed by atoms with E-state index in [9.17, 15) is 9.90 Å². The van der Waals surface area contributed by atoms with Crippen LogP contribution < -0.4 is 0 Å². The number of benzene rings is 1. The van der Waals surface area contributed by atoms with Crippen LogP contribution in [0.15, 0.2) is 18.2 Å². The van der Waals surface area contributed by atoms with E-state index < -0.39 is 6.10 Å². The van der Waals surface area contributed by atoms with Crippen LogP contribution in [0.1, 0.15) is 34.8 Å². The Kier molecular flexibility index (Phi) is 3.42. The minimum absolute atomic E-state index is 0.185. The molecule has 0 heterocycles. The van der Waals surface area contributed by atoms with E-state index in [1.54, 1.807) is 13.0 Å². The number of ketones is 1. The van der Waals surface area contributed by atoms with Gasteiger partial charge in [-0.15, -0.1) is 0 Å². The van der Waals surface area contributed by atoms with Crippen LogP contribution >= 0.6 is 0 Å². The summed E-state index contributed by atoms with van der Waals surface area (Å²) in [7, 11) is 0. The normalized spacial score (nSPS) is 12.6. The van der Waals surface area contributed by atoms with Crippen molar-refractivity contribution < 1.29 is 9.90 Å². The second kappa shape index (κ2) is 4.38. The number of rotatable bonds is 3. The van der Waals surface area contributed by atoms with Crippen molar-refractivity contribution in [1.29, 1.82) is 0 Å². The zero-order valence-corrected chi connectivity index (χ0v) is 8.87. The van der Waals surface area contributed by atoms with Crippen LogP contribution in [0.2, 0.25) is 0 Å². The molecule has 1 rings (SSSR count). The molecule has 0 spiro atoms. The van der Waals surface area contributed by atoms with E-state index in [4.69, 9.17) is 0 Å². The van der Waals surface area contributed by atoms with Crippen molar-refractivity contribution in [3.8, 4) is 0 Å². The van der Waals surface area contributed by atoms with Gasteiger partial charge in [0.1, 0.15) is 6.10 Å². The number of hydrogen-bond acceptors (Lipinski definition) is 2. The van der Waals surface area contributed by atoms with Crippen molar-refractivity contribution in [2.45, 2.75) is 33.3 Å². The van der Waals surface area contributed by atoms with Gasteiger partial charge in [0.05, 0.1) is 0 Å². The van der Waals surface area contributed by atoms with Crippen LogP contribution in [0.3, 0.4) is 0 Å². The molecule has 76 valence electrons. The quantitative estimate of drug-likeness (QED) is 0.746. The zero-order valence-electron chi connectivity index (χ0n) is 8.87. The molecule has 14 heavy (non-hydrogen) atoms. The Morgan fingerprint density at radius 2 is 2.00 bits per heavy atom. The molecule has 1 aromatic rings. The lowest BCUT2D eigenvalue weighted by atomic mass is 10.00. The largest absolute Gasteiger partial charge is 0.385 e. The van der Waals surface area contributed by atoms with Gasteiger partial charge in [0.2, 0.25) is 0 Å². The molecule has 0 radical (unpaired) electrons. The summed E-state index contributed by atoms with van der Waals surface area (Å²) in [5.74, 6) is -0.185. The summed E-state index contributed by atoms with van der Waals surface area (Å²) in [5.41, 5.74) is 2.84. The fourth-order valence-electron chi connectivity index (χ4n) is 1.27. The first-order valence-corrected chi connectivity index (χ1v) is 4.85. The van der Waals surface area contributed by atoms with Crippen LogP contribution in [0.5, 0.6) is 0 Å². The highest BCUT2D eigenvalue weighted by Gasteiger charge is 2.14. The Hall–Kier alpha value is -1.15. The average Bonchev–Trinajstić information content (AvgIpc) is 2.20. The molecule has 0 amide bonds. The molecule has 0 saturated carbocycles. The lowest BCUT2D eigenvalue weighted by Gasteiger charge is -2.08. The second-order valence-corrected chi connectivity index (χ2v) is 3.59. The summed E-state index contributed by atoms with van der Waals surface area (Å²) in [5, 5.41) is 9.39. The number of carbonyl (C=O) groups is 1. The number of hydrogen-bond donors (Lipinski definition) is 1. The van der Waals surface area contributed by atoms with E-state index in [2.05, 4.69) is 0 Å². The Morgan fingerprint density at radius 1 is 1.36 bits per heavy atom. The molecule has 1 aromatic carbocycles. The maximum Gasteiger partial charge on any atom is 0.191 e. The van der Waals surface area contributed by atoms with E-state index in [0.717, 1.165) is 11.1 Å². The Balaban J connectivity index is 2.97. The minimum Gasteiger partial charge on any atom is -0.385 e. The predicted molar refractivity (Wildman–Crippen MR) is 56.5 cm³/mol. The summed E-state index contributed by atoms with van der Waals surface area (Å²) in [6.07, 6.45) is -0.400. The third-order valence-corrected chi connectivity index (χ3v) is 2.48. The highest BCUT2D eigenvalue weighted by atomic mass is 16.3. The average molecular weight is 192 g/mol. The van der Waals surface area contributed by atoms with Crippen LogP contribution in [0.25, 0.3) is 0 Å². The van der Waals surface area contributed by atoms with Crippen molar-refractivity contribution in [2.24, 2.45) is 0 Å². The van der Waals surface area contributed by atoms with Gasteiger partial charge < -0.3 is 5.11 Å². The van der Waals surface area contributed by atoms with Crippen molar-refractivity contribution in [3.63, 3.8) is 0 Å². The molecule has 0 bridgehead atoms. The van der Waals surface area contributed by atoms with Crippen LogP contribution in [0, 0.1) is 13.8 Å². The lowest BCUT2D eigenvalue weighted by molar-refractivity contribution is 0.0740. The maximum absolute atomic E-state index is 11.6. The van der Waals surface area contributed by atoms with Gasteiger partial charge in [-0.1, -0.05) is 19.1 Å². The smallest absolute Gasteiger partial charge is 0.191 e. The van der Waals surface area contributed by atoms with Crippen molar-refractivity contribution >= 4 is 5.78 Å². The first-order valence-electron chi connectivity index (χ1n) is 4.85. The number of aliphatic hydroxyl groups is 1. The predicted octanol–water partition coefficient (Wildman–Crippen LogP) is 2.26. The van der Waals surface area contributed by atoms with Gasteiger partial charge in [-0.05, 0) is 37.5 Å². The molecule has 1 atom stereocenters. The molecule has 1 unspecified atom stereocenters. The Labute approximate surface area is 84.6 Å². The summed E-state index contributed by atoms with van der Waals surface area (Å²) in [6.45, 7) is 5.76. The third kappa shape index (κ3) is 2.20. The van der Waals surface area contributed by atoms with Gasteiger partial charge in [-0.2, -0.15) is 0 Å². The summed E-state index contributed by atoms with van der Waals surface area (Å²) < 4.78 is 0. The molecule has 0 aromatic heterocycles. The number of Topliss-reactive ketones (excluding diaryl/α,β-unsaturated/α-hetero) is 1. The van der Waals surface area contributed by atoms with Crippen LogP contribution in [0.4, 0.5) is 0 Å². The molecule has 2 nitrogen and oxygen atoms in total. The van der Waals surface area contributed by atoms with Crippen molar-refractivity contribution in [1.82, 2.24) is 0 Å². The number of carbonyl (C=O) groups excluding carboxylic acids is 1. The molecule has 0 saturated heterocycles. The monoisotopic (exact) mass is 192 g/mol. The highest BCUT2D eigenvalue weighted by Crippen LogP contribution is 2.12. The maximum atomic E-state index is 11.6. The van der Waals surface area contributed by atoms with E-state index in [1.165, 1.54) is 0 Å². The molecule has 2 heteroatoms. The van der Waals surface area contributed by atoms with Crippen LogP contribution in [-0.2, 0) is 0 Å². The highest BCUT2D eigenvalue weighted by molar-refractivity contribution is 5.99. The molecule has 0 aliphatic heterocycles. The van der Waals surface area contributed by atoms with Gasteiger partial charge in [-0.3, -0.25) is 4.79 Å². The molecule has 0 aliphatic carbocycles. The molecule has 0 fully saturated rings.